The predicted octanol–water partition coefficient (Wildman–Crippen LogP) is 0.217. The standard InChI is InChI=1S/C10H22N2O2/c1-3-5-6-12(7-8-13)9-10(14)11-4-2/h13H,3-9H2,1-2H3,(H,11,14). The molecule has 0 heterocycles. The third kappa shape index (κ3) is 6.86. The molecule has 0 aromatic rings. The Bertz CT molecular complexity index is 151. The summed E-state index contributed by atoms with van der Waals surface area (Å²) in [7, 11) is 0. The molecule has 0 aromatic heterocycles. The average Bonchev–Trinajstić information content (AvgIpc) is 2.15. The maximum absolute atomic E-state index is 11.3. The Labute approximate surface area is 86.3 Å². The van der Waals surface area contributed by atoms with Crippen molar-refractivity contribution in [3.8, 4) is 0 Å². The molecule has 0 aromatic carbocycles. The van der Waals surface area contributed by atoms with Crippen LogP contribution in [0.2, 0.25) is 0 Å². The summed E-state index contributed by atoms with van der Waals surface area (Å²) in [5.74, 6) is 0.0389. The van der Waals surface area contributed by atoms with E-state index in [0.717, 1.165) is 19.4 Å². The van der Waals surface area contributed by atoms with Crippen molar-refractivity contribution in [1.82, 2.24) is 10.2 Å². The van der Waals surface area contributed by atoms with E-state index in [1.807, 2.05) is 11.8 Å². The highest BCUT2D eigenvalue weighted by molar-refractivity contribution is 5.77. The summed E-state index contributed by atoms with van der Waals surface area (Å²) in [5, 5.41) is 11.6. The number of carbonyl (C=O) groups is 1. The van der Waals surface area contributed by atoms with E-state index in [1.165, 1.54) is 0 Å². The molecule has 0 unspecified atom stereocenters. The minimum Gasteiger partial charge on any atom is -0.395 e. The molecule has 0 aliphatic carbocycles. The Kier molecular flexibility index (Phi) is 8.57. The third-order valence-corrected chi connectivity index (χ3v) is 1.99. The monoisotopic (exact) mass is 202 g/mol. The summed E-state index contributed by atoms with van der Waals surface area (Å²) >= 11 is 0. The normalized spacial score (nSPS) is 10.6. The molecule has 0 fully saturated rings. The van der Waals surface area contributed by atoms with Gasteiger partial charge in [0.05, 0.1) is 13.2 Å². The van der Waals surface area contributed by atoms with Gasteiger partial charge < -0.3 is 10.4 Å². The summed E-state index contributed by atoms with van der Waals surface area (Å²) in [6.45, 7) is 6.66. The quantitative estimate of drug-likeness (QED) is 0.592. The Hall–Kier alpha value is -0.610. The maximum Gasteiger partial charge on any atom is 0.234 e. The Morgan fingerprint density at radius 2 is 2.07 bits per heavy atom. The van der Waals surface area contributed by atoms with Crippen LogP contribution in [-0.4, -0.2) is 48.7 Å². The lowest BCUT2D eigenvalue weighted by atomic mass is 10.3. The minimum absolute atomic E-state index is 0.0389. The SMILES string of the molecule is CCCCN(CCO)CC(=O)NCC. The fraction of sp³-hybridized carbons (Fsp3) is 0.900. The van der Waals surface area contributed by atoms with Gasteiger partial charge in [-0.25, -0.2) is 0 Å². The molecule has 0 saturated carbocycles. The average molecular weight is 202 g/mol. The van der Waals surface area contributed by atoms with Crippen LogP contribution < -0.4 is 5.32 Å². The Morgan fingerprint density at radius 1 is 1.36 bits per heavy atom. The van der Waals surface area contributed by atoms with Crippen LogP contribution in [-0.2, 0) is 4.79 Å². The maximum atomic E-state index is 11.3. The predicted molar refractivity (Wildman–Crippen MR) is 57.1 cm³/mol. The first-order valence-corrected chi connectivity index (χ1v) is 5.34. The second-order valence-electron chi connectivity index (χ2n) is 3.31. The van der Waals surface area contributed by atoms with E-state index < -0.39 is 0 Å². The van der Waals surface area contributed by atoms with Crippen molar-refractivity contribution < 1.29 is 9.90 Å². The van der Waals surface area contributed by atoms with Crippen molar-refractivity contribution in [3.05, 3.63) is 0 Å². The number of rotatable bonds is 8. The second kappa shape index (κ2) is 8.97. The van der Waals surface area contributed by atoms with E-state index in [2.05, 4.69) is 12.2 Å². The Morgan fingerprint density at radius 3 is 2.57 bits per heavy atom. The number of carbonyl (C=O) groups excluding carboxylic acids is 1. The van der Waals surface area contributed by atoms with Crippen LogP contribution in [0.4, 0.5) is 0 Å². The topological polar surface area (TPSA) is 52.6 Å². The molecule has 14 heavy (non-hydrogen) atoms. The van der Waals surface area contributed by atoms with Crippen molar-refractivity contribution in [2.45, 2.75) is 26.7 Å². The van der Waals surface area contributed by atoms with Gasteiger partial charge in [0.2, 0.25) is 5.91 Å². The van der Waals surface area contributed by atoms with Crippen LogP contribution in [0.25, 0.3) is 0 Å². The molecule has 0 radical (unpaired) electrons. The molecule has 0 aliphatic heterocycles. The minimum atomic E-state index is 0.0389. The fourth-order valence-electron chi connectivity index (χ4n) is 1.25. The van der Waals surface area contributed by atoms with Crippen molar-refractivity contribution in [2.24, 2.45) is 0 Å². The van der Waals surface area contributed by atoms with Crippen molar-refractivity contribution in [1.29, 1.82) is 0 Å². The van der Waals surface area contributed by atoms with Crippen LogP contribution >= 0.6 is 0 Å². The second-order valence-corrected chi connectivity index (χ2v) is 3.31. The van der Waals surface area contributed by atoms with Crippen LogP contribution in [0, 0.1) is 0 Å². The number of hydrogen-bond acceptors (Lipinski definition) is 3. The molecular weight excluding hydrogens is 180 g/mol. The van der Waals surface area contributed by atoms with Crippen LogP contribution in [0.5, 0.6) is 0 Å². The first-order chi connectivity index (χ1) is 6.74. The van der Waals surface area contributed by atoms with Gasteiger partial charge in [0.15, 0.2) is 0 Å². The molecule has 0 atom stereocenters. The van der Waals surface area contributed by atoms with Gasteiger partial charge in [0.1, 0.15) is 0 Å². The highest BCUT2D eigenvalue weighted by atomic mass is 16.3. The molecule has 0 aliphatic rings. The molecule has 1 amide bonds. The molecule has 4 nitrogen and oxygen atoms in total. The van der Waals surface area contributed by atoms with Gasteiger partial charge >= 0.3 is 0 Å². The lowest BCUT2D eigenvalue weighted by Gasteiger charge is -2.19. The zero-order valence-corrected chi connectivity index (χ0v) is 9.25. The van der Waals surface area contributed by atoms with Crippen LogP contribution in [0.15, 0.2) is 0 Å². The van der Waals surface area contributed by atoms with Gasteiger partial charge in [-0.3, -0.25) is 9.69 Å². The van der Waals surface area contributed by atoms with E-state index in [9.17, 15) is 4.79 Å². The molecule has 0 bridgehead atoms. The number of amides is 1. The smallest absolute Gasteiger partial charge is 0.234 e. The lowest BCUT2D eigenvalue weighted by molar-refractivity contribution is -0.122. The number of aliphatic hydroxyl groups excluding tert-OH is 1. The van der Waals surface area contributed by atoms with Crippen molar-refractivity contribution >= 4 is 5.91 Å². The first kappa shape index (κ1) is 13.4. The van der Waals surface area contributed by atoms with E-state index in [0.29, 0.717) is 19.6 Å². The third-order valence-electron chi connectivity index (χ3n) is 1.99. The number of likely N-dealkylation sites (N-methyl/N-ethyl adjacent to an activating group) is 1. The van der Waals surface area contributed by atoms with Crippen molar-refractivity contribution in [3.63, 3.8) is 0 Å². The number of nitrogens with one attached hydrogen (secondary N) is 1. The van der Waals surface area contributed by atoms with E-state index in [1.54, 1.807) is 0 Å². The van der Waals surface area contributed by atoms with Gasteiger partial charge in [-0.05, 0) is 19.9 Å². The summed E-state index contributed by atoms with van der Waals surface area (Å²) in [5.41, 5.74) is 0. The van der Waals surface area contributed by atoms with E-state index in [-0.39, 0.29) is 12.5 Å². The lowest BCUT2D eigenvalue weighted by Crippen LogP contribution is -2.39. The van der Waals surface area contributed by atoms with E-state index in [4.69, 9.17) is 5.11 Å². The zero-order chi connectivity index (χ0) is 10.8. The molecule has 2 N–H and O–H groups in total. The number of unbranched alkanes of at least 4 members (excludes halogenated alkanes) is 1. The van der Waals surface area contributed by atoms with Crippen LogP contribution in [0.3, 0.4) is 0 Å². The highest BCUT2D eigenvalue weighted by Crippen LogP contribution is 1.94. The summed E-state index contributed by atoms with van der Waals surface area (Å²) in [6, 6.07) is 0. The number of hydrogen-bond donors (Lipinski definition) is 2. The highest BCUT2D eigenvalue weighted by Gasteiger charge is 2.08. The first-order valence-electron chi connectivity index (χ1n) is 5.34. The number of nitrogens with zero attached hydrogens (tertiary/aromatic N) is 1. The summed E-state index contributed by atoms with van der Waals surface area (Å²) in [4.78, 5) is 13.2. The van der Waals surface area contributed by atoms with Gasteiger partial charge in [-0.15, -0.1) is 0 Å². The molecule has 0 saturated heterocycles. The summed E-state index contributed by atoms with van der Waals surface area (Å²) in [6.07, 6.45) is 2.18. The van der Waals surface area contributed by atoms with Gasteiger partial charge in [-0.1, -0.05) is 13.3 Å². The van der Waals surface area contributed by atoms with Gasteiger partial charge in [0.25, 0.3) is 0 Å². The van der Waals surface area contributed by atoms with E-state index >= 15 is 0 Å². The number of aliphatic hydroxyl groups is 1. The van der Waals surface area contributed by atoms with Crippen LogP contribution in [0.1, 0.15) is 26.7 Å². The molecule has 0 spiro atoms. The zero-order valence-electron chi connectivity index (χ0n) is 9.25. The molecular formula is C10H22N2O2. The largest absolute Gasteiger partial charge is 0.395 e. The fourth-order valence-corrected chi connectivity index (χ4v) is 1.25. The van der Waals surface area contributed by atoms with Gasteiger partial charge in [0, 0.05) is 13.1 Å². The summed E-state index contributed by atoms with van der Waals surface area (Å²) < 4.78 is 0. The van der Waals surface area contributed by atoms with Gasteiger partial charge in [-0.2, -0.15) is 0 Å². The Balaban J connectivity index is 3.75. The molecule has 0 rings (SSSR count). The van der Waals surface area contributed by atoms with Crippen molar-refractivity contribution in [2.75, 3.05) is 32.8 Å². The molecule has 4 heteroatoms. The molecule has 84 valence electrons.